The largest absolute Gasteiger partial charge is 0.393 e. The summed E-state index contributed by atoms with van der Waals surface area (Å²) in [5.41, 5.74) is 5.37. The Bertz CT molecular complexity index is 537. The van der Waals surface area contributed by atoms with Gasteiger partial charge in [-0.15, -0.1) is 0 Å². The average molecular weight is 304 g/mol. The van der Waals surface area contributed by atoms with E-state index in [2.05, 4.69) is 9.71 Å². The molecule has 6 nitrogen and oxygen atoms in total. The van der Waals surface area contributed by atoms with Gasteiger partial charge in [0.25, 0.3) is 10.0 Å². The number of aryl methyl sites for hydroxylation is 2. The van der Waals surface area contributed by atoms with E-state index in [4.69, 9.17) is 18.0 Å². The van der Waals surface area contributed by atoms with Gasteiger partial charge in [-0.1, -0.05) is 12.2 Å². The summed E-state index contributed by atoms with van der Waals surface area (Å²) in [5, 5.41) is 0.0706. The van der Waals surface area contributed by atoms with Gasteiger partial charge in [0.1, 0.15) is 5.82 Å². The summed E-state index contributed by atoms with van der Waals surface area (Å²) in [4.78, 5) is 4.51. The number of nitrogens with two attached hydrogens (primary N) is 1. The Balaban J connectivity index is 2.53. The van der Waals surface area contributed by atoms with Gasteiger partial charge in [0.05, 0.1) is 4.99 Å². The van der Waals surface area contributed by atoms with Gasteiger partial charge in [0, 0.05) is 19.3 Å². The van der Waals surface area contributed by atoms with Crippen molar-refractivity contribution in [2.45, 2.75) is 44.7 Å². The number of nitrogens with one attached hydrogen (secondary N) is 1. The van der Waals surface area contributed by atoms with Crippen LogP contribution in [0.25, 0.3) is 0 Å². The summed E-state index contributed by atoms with van der Waals surface area (Å²) >= 11 is 4.75. The number of imidazole rings is 1. The van der Waals surface area contributed by atoms with Crippen LogP contribution < -0.4 is 10.5 Å². The quantitative estimate of drug-likeness (QED) is 0.551. The molecule has 1 aromatic rings. The standard InChI is InChI=1S/C11H20N4O2S2/c1-3-15-8-11(14-9(15)2)19(16,17)13-7-5-4-6-10(12)18/h8,13H,3-7H2,1-2H3,(H2,12,18). The molecule has 0 bridgehead atoms. The van der Waals surface area contributed by atoms with Crippen molar-refractivity contribution < 1.29 is 8.42 Å². The van der Waals surface area contributed by atoms with E-state index in [1.54, 1.807) is 17.7 Å². The Labute approximate surface area is 119 Å². The number of hydrogen-bond acceptors (Lipinski definition) is 4. The van der Waals surface area contributed by atoms with Crippen molar-refractivity contribution in [3.63, 3.8) is 0 Å². The molecule has 0 aliphatic carbocycles. The van der Waals surface area contributed by atoms with Crippen LogP contribution in [0.4, 0.5) is 0 Å². The maximum atomic E-state index is 12.0. The summed E-state index contributed by atoms with van der Waals surface area (Å²) in [6.07, 6.45) is 3.66. The molecule has 0 aliphatic rings. The lowest BCUT2D eigenvalue weighted by molar-refractivity contribution is 0.574. The van der Waals surface area contributed by atoms with Gasteiger partial charge < -0.3 is 10.3 Å². The van der Waals surface area contributed by atoms with E-state index >= 15 is 0 Å². The Morgan fingerprint density at radius 3 is 2.74 bits per heavy atom. The number of nitrogens with zero attached hydrogens (tertiary/aromatic N) is 2. The van der Waals surface area contributed by atoms with E-state index in [0.717, 1.165) is 6.42 Å². The highest BCUT2D eigenvalue weighted by Gasteiger charge is 2.17. The number of aromatic nitrogens is 2. The van der Waals surface area contributed by atoms with Gasteiger partial charge in [-0.05, 0) is 33.1 Å². The molecule has 19 heavy (non-hydrogen) atoms. The van der Waals surface area contributed by atoms with E-state index in [0.29, 0.717) is 36.7 Å². The maximum Gasteiger partial charge on any atom is 0.259 e. The summed E-state index contributed by atoms with van der Waals surface area (Å²) in [6.45, 7) is 4.78. The lowest BCUT2D eigenvalue weighted by atomic mass is 10.2. The molecule has 0 unspecified atom stereocenters. The second-order valence-corrected chi connectivity index (χ2v) is 6.47. The van der Waals surface area contributed by atoms with E-state index in [9.17, 15) is 8.42 Å². The molecule has 0 amide bonds. The second-order valence-electron chi connectivity index (χ2n) is 4.23. The predicted octanol–water partition coefficient (Wildman–Crippen LogP) is 0.946. The summed E-state index contributed by atoms with van der Waals surface area (Å²) in [5.74, 6) is 0.691. The van der Waals surface area contributed by atoms with E-state index in [-0.39, 0.29) is 5.03 Å². The highest BCUT2D eigenvalue weighted by molar-refractivity contribution is 7.89. The Morgan fingerprint density at radius 1 is 1.53 bits per heavy atom. The van der Waals surface area contributed by atoms with E-state index < -0.39 is 10.0 Å². The lowest BCUT2D eigenvalue weighted by Crippen LogP contribution is -2.25. The van der Waals surface area contributed by atoms with Crippen molar-refractivity contribution in [3.8, 4) is 0 Å². The van der Waals surface area contributed by atoms with Gasteiger partial charge in [0.15, 0.2) is 5.03 Å². The van der Waals surface area contributed by atoms with Gasteiger partial charge in [-0.25, -0.2) is 18.1 Å². The fourth-order valence-electron chi connectivity index (χ4n) is 1.63. The highest BCUT2D eigenvalue weighted by atomic mass is 32.2. The first-order chi connectivity index (χ1) is 8.86. The third-order valence-corrected chi connectivity index (χ3v) is 4.25. The third-order valence-electron chi connectivity index (χ3n) is 2.71. The van der Waals surface area contributed by atoms with Crippen LogP contribution in [0.15, 0.2) is 11.2 Å². The van der Waals surface area contributed by atoms with Gasteiger partial charge in [-0.2, -0.15) is 0 Å². The third kappa shape index (κ3) is 4.88. The molecule has 3 N–H and O–H groups in total. The van der Waals surface area contributed by atoms with Crippen molar-refractivity contribution in [1.82, 2.24) is 14.3 Å². The summed E-state index contributed by atoms with van der Waals surface area (Å²) < 4.78 is 28.3. The minimum absolute atomic E-state index is 0.0706. The van der Waals surface area contributed by atoms with Crippen LogP contribution in [0, 0.1) is 6.92 Å². The first-order valence-electron chi connectivity index (χ1n) is 6.18. The zero-order valence-corrected chi connectivity index (χ0v) is 12.9. The van der Waals surface area contributed by atoms with Crippen LogP contribution in [-0.4, -0.2) is 29.5 Å². The maximum absolute atomic E-state index is 12.0. The van der Waals surface area contributed by atoms with Crippen LogP contribution >= 0.6 is 12.2 Å². The molecule has 1 aromatic heterocycles. The van der Waals surface area contributed by atoms with Gasteiger partial charge >= 0.3 is 0 Å². The second kappa shape index (κ2) is 6.97. The van der Waals surface area contributed by atoms with E-state index in [1.807, 2.05) is 6.92 Å². The molecule has 0 radical (unpaired) electrons. The average Bonchev–Trinajstić information content (AvgIpc) is 2.70. The molecule has 0 fully saturated rings. The van der Waals surface area contributed by atoms with Crippen molar-refractivity contribution in [1.29, 1.82) is 0 Å². The zero-order valence-electron chi connectivity index (χ0n) is 11.2. The number of rotatable bonds is 8. The first-order valence-corrected chi connectivity index (χ1v) is 8.07. The minimum Gasteiger partial charge on any atom is -0.393 e. The normalized spacial score (nSPS) is 11.7. The molecule has 8 heteroatoms. The highest BCUT2D eigenvalue weighted by Crippen LogP contribution is 2.09. The fraction of sp³-hybridized carbons (Fsp3) is 0.636. The Hall–Kier alpha value is -0.990. The van der Waals surface area contributed by atoms with Crippen LogP contribution in [-0.2, 0) is 16.6 Å². The predicted molar refractivity (Wildman–Crippen MR) is 78.5 cm³/mol. The van der Waals surface area contributed by atoms with Crippen LogP contribution in [0.5, 0.6) is 0 Å². The first kappa shape index (κ1) is 16.1. The SMILES string of the molecule is CCn1cc(S(=O)(=O)NCCCCC(N)=S)nc1C. The van der Waals surface area contributed by atoms with Crippen LogP contribution in [0.1, 0.15) is 32.0 Å². The minimum atomic E-state index is -3.52. The molecule has 0 aromatic carbocycles. The Morgan fingerprint density at radius 2 is 2.21 bits per heavy atom. The van der Waals surface area contributed by atoms with Crippen molar-refractivity contribution in [2.24, 2.45) is 5.73 Å². The number of unbranched alkanes of at least 4 members (excludes halogenated alkanes) is 1. The molecular formula is C11H20N4O2S2. The number of hydrogen-bond donors (Lipinski definition) is 2. The van der Waals surface area contributed by atoms with Crippen molar-refractivity contribution in [3.05, 3.63) is 12.0 Å². The van der Waals surface area contributed by atoms with Gasteiger partial charge in [0.2, 0.25) is 0 Å². The fourth-order valence-corrected chi connectivity index (χ4v) is 2.86. The molecule has 1 rings (SSSR count). The summed E-state index contributed by atoms with van der Waals surface area (Å²) in [6, 6.07) is 0. The topological polar surface area (TPSA) is 90.0 Å². The van der Waals surface area contributed by atoms with Crippen LogP contribution in [0.3, 0.4) is 0 Å². The van der Waals surface area contributed by atoms with Gasteiger partial charge in [-0.3, -0.25) is 0 Å². The molecule has 0 atom stereocenters. The molecule has 0 saturated heterocycles. The molecule has 108 valence electrons. The Kier molecular flexibility index (Phi) is 5.89. The van der Waals surface area contributed by atoms with E-state index in [1.165, 1.54) is 0 Å². The zero-order chi connectivity index (χ0) is 14.5. The summed E-state index contributed by atoms with van der Waals surface area (Å²) in [7, 11) is -3.52. The molecule has 0 spiro atoms. The smallest absolute Gasteiger partial charge is 0.259 e. The molecule has 0 aliphatic heterocycles. The number of thiocarbonyl (C=S) groups is 1. The molecule has 1 heterocycles. The van der Waals surface area contributed by atoms with Crippen LogP contribution in [0.2, 0.25) is 0 Å². The van der Waals surface area contributed by atoms with Crippen molar-refractivity contribution >= 4 is 27.2 Å². The monoisotopic (exact) mass is 304 g/mol. The molecule has 0 saturated carbocycles. The molecular weight excluding hydrogens is 284 g/mol. The van der Waals surface area contributed by atoms with Crippen molar-refractivity contribution in [2.75, 3.05) is 6.54 Å². The number of sulfonamides is 1. The lowest BCUT2D eigenvalue weighted by Gasteiger charge is -2.03.